The maximum atomic E-state index is 13.4. The Hall–Kier alpha value is -4.46. The van der Waals surface area contributed by atoms with Crippen molar-refractivity contribution in [3.8, 4) is 23.0 Å². The monoisotopic (exact) mass is 487 g/mol. The summed E-state index contributed by atoms with van der Waals surface area (Å²) in [5.74, 6) is 0.434. The van der Waals surface area contributed by atoms with Crippen molar-refractivity contribution in [3.05, 3.63) is 82.9 Å². The number of ether oxygens (including phenoxy) is 4. The van der Waals surface area contributed by atoms with E-state index in [4.69, 9.17) is 18.9 Å². The minimum absolute atomic E-state index is 0.0143. The lowest BCUT2D eigenvalue weighted by Crippen LogP contribution is -2.29. The highest BCUT2D eigenvalue weighted by molar-refractivity contribution is 6.51. The summed E-state index contributed by atoms with van der Waals surface area (Å²) in [4.78, 5) is 28.3. The summed E-state index contributed by atoms with van der Waals surface area (Å²) in [5, 5.41) is 11.4. The maximum Gasteiger partial charge on any atom is 0.300 e. The lowest BCUT2D eigenvalue weighted by atomic mass is 9.93. The molecule has 0 radical (unpaired) electrons. The third kappa shape index (κ3) is 3.90. The number of benzene rings is 3. The first kappa shape index (κ1) is 23.3. The molecule has 1 unspecified atom stereocenters. The molecule has 1 N–H and O–H groups in total. The van der Waals surface area contributed by atoms with Crippen molar-refractivity contribution in [2.45, 2.75) is 19.9 Å². The molecule has 184 valence electrons. The topological polar surface area (TPSA) is 94.5 Å². The van der Waals surface area contributed by atoms with Gasteiger partial charge in [-0.05, 0) is 67.4 Å². The largest absolute Gasteiger partial charge is 0.507 e. The molecular weight excluding hydrogens is 462 g/mol. The molecular formula is C28H25NO7. The van der Waals surface area contributed by atoms with E-state index < -0.39 is 17.7 Å². The van der Waals surface area contributed by atoms with Crippen LogP contribution in [0.4, 0.5) is 5.69 Å². The number of hydrogen-bond acceptors (Lipinski definition) is 7. The Balaban J connectivity index is 1.71. The van der Waals surface area contributed by atoms with Crippen LogP contribution in [0.15, 0.2) is 66.2 Å². The van der Waals surface area contributed by atoms with Gasteiger partial charge < -0.3 is 24.1 Å². The molecule has 0 aliphatic carbocycles. The van der Waals surface area contributed by atoms with Gasteiger partial charge in [-0.1, -0.05) is 12.1 Å². The molecule has 2 heterocycles. The van der Waals surface area contributed by atoms with Gasteiger partial charge in [-0.15, -0.1) is 0 Å². The number of hydrogen-bond donors (Lipinski definition) is 1. The summed E-state index contributed by atoms with van der Waals surface area (Å²) in [6.07, 6.45) is 0. The SMILES string of the molecule is CCOc1cccc(C2/C(=C(\O)c3ccc(OC)cc3C)C(=O)C(=O)N2c2ccc3c(c2)OCO3)c1. The molecule has 1 fully saturated rings. The van der Waals surface area contributed by atoms with Crippen LogP contribution >= 0.6 is 0 Å². The van der Waals surface area contributed by atoms with Gasteiger partial charge in [0.25, 0.3) is 11.7 Å². The molecule has 0 aromatic heterocycles. The molecule has 3 aromatic carbocycles. The number of aliphatic hydroxyl groups excluding tert-OH is 1. The number of methoxy groups -OCH3 is 1. The first-order chi connectivity index (χ1) is 17.4. The van der Waals surface area contributed by atoms with Crippen LogP contribution in [0.1, 0.15) is 29.7 Å². The lowest BCUT2D eigenvalue weighted by Gasteiger charge is -2.26. The van der Waals surface area contributed by atoms with Crippen LogP contribution in [0.5, 0.6) is 23.0 Å². The molecule has 1 amide bonds. The number of anilines is 1. The second-order valence-electron chi connectivity index (χ2n) is 8.39. The van der Waals surface area contributed by atoms with E-state index in [0.717, 1.165) is 0 Å². The summed E-state index contributed by atoms with van der Waals surface area (Å²) in [7, 11) is 1.55. The summed E-state index contributed by atoms with van der Waals surface area (Å²) in [6.45, 7) is 4.21. The minimum Gasteiger partial charge on any atom is -0.507 e. The standard InChI is InChI=1S/C28H25NO7/c1-4-34-20-7-5-6-17(13-20)25-24(26(30)21-10-9-19(33-3)12-16(21)2)27(31)28(32)29(25)18-8-11-22-23(14-18)36-15-35-22/h5-14,25,30H,4,15H2,1-3H3/b26-24+. The van der Waals surface area contributed by atoms with Gasteiger partial charge in [0.05, 0.1) is 25.3 Å². The molecule has 8 nitrogen and oxygen atoms in total. The molecule has 0 spiro atoms. The molecule has 0 bridgehead atoms. The van der Waals surface area contributed by atoms with Gasteiger partial charge in [0.15, 0.2) is 11.5 Å². The van der Waals surface area contributed by atoms with Gasteiger partial charge in [0, 0.05) is 17.3 Å². The van der Waals surface area contributed by atoms with E-state index in [1.807, 2.05) is 6.92 Å². The average Bonchev–Trinajstić information content (AvgIpc) is 3.45. The van der Waals surface area contributed by atoms with Gasteiger partial charge in [-0.3, -0.25) is 14.5 Å². The van der Waals surface area contributed by atoms with Gasteiger partial charge in [0.2, 0.25) is 6.79 Å². The van der Waals surface area contributed by atoms with Crippen LogP contribution in [-0.2, 0) is 9.59 Å². The Morgan fingerprint density at radius 1 is 1.03 bits per heavy atom. The zero-order valence-corrected chi connectivity index (χ0v) is 20.1. The number of carbonyl (C=O) groups is 2. The van der Waals surface area contributed by atoms with Crippen molar-refractivity contribution in [2.75, 3.05) is 25.4 Å². The fraction of sp³-hybridized carbons (Fsp3) is 0.214. The highest BCUT2D eigenvalue weighted by Gasteiger charge is 2.47. The van der Waals surface area contributed by atoms with Crippen molar-refractivity contribution in [2.24, 2.45) is 0 Å². The van der Waals surface area contributed by atoms with Gasteiger partial charge in [-0.25, -0.2) is 0 Å². The van der Waals surface area contributed by atoms with Gasteiger partial charge in [0.1, 0.15) is 17.3 Å². The smallest absolute Gasteiger partial charge is 0.300 e. The molecule has 1 atom stereocenters. The average molecular weight is 488 g/mol. The Kier molecular flexibility index (Phi) is 6.01. The predicted molar refractivity (Wildman–Crippen MR) is 133 cm³/mol. The molecule has 8 heteroatoms. The van der Waals surface area contributed by atoms with Crippen molar-refractivity contribution >= 4 is 23.1 Å². The second kappa shape index (κ2) is 9.30. The van der Waals surface area contributed by atoms with Crippen molar-refractivity contribution in [1.29, 1.82) is 0 Å². The number of nitrogens with zero attached hydrogens (tertiary/aromatic N) is 1. The fourth-order valence-electron chi connectivity index (χ4n) is 4.56. The normalized spacial score (nSPS) is 18.0. The van der Waals surface area contributed by atoms with Crippen LogP contribution in [0.3, 0.4) is 0 Å². The number of ketones is 1. The number of Topliss-reactive ketones (excluding diaryl/α,β-unsaturated/α-hetero) is 1. The van der Waals surface area contributed by atoms with Crippen molar-refractivity contribution < 1.29 is 33.6 Å². The third-order valence-corrected chi connectivity index (χ3v) is 6.25. The van der Waals surface area contributed by atoms with Crippen LogP contribution in [0.2, 0.25) is 0 Å². The molecule has 1 saturated heterocycles. The van der Waals surface area contributed by atoms with Crippen molar-refractivity contribution in [1.82, 2.24) is 0 Å². The van der Waals surface area contributed by atoms with Gasteiger partial charge in [-0.2, -0.15) is 0 Å². The number of aryl methyl sites for hydroxylation is 1. The van der Waals surface area contributed by atoms with E-state index >= 15 is 0 Å². The number of carbonyl (C=O) groups excluding carboxylic acids is 2. The summed E-state index contributed by atoms with van der Waals surface area (Å²) in [6, 6.07) is 16.4. The molecule has 3 aromatic rings. The molecule has 0 saturated carbocycles. The lowest BCUT2D eigenvalue weighted by molar-refractivity contribution is -0.132. The van der Waals surface area contributed by atoms with Crippen LogP contribution in [-0.4, -0.2) is 37.3 Å². The van der Waals surface area contributed by atoms with Crippen LogP contribution < -0.4 is 23.8 Å². The quantitative estimate of drug-likeness (QED) is 0.304. The maximum absolute atomic E-state index is 13.4. The Labute approximate surface area is 208 Å². The number of fused-ring (bicyclic) bond motifs is 1. The summed E-state index contributed by atoms with van der Waals surface area (Å²) < 4.78 is 21.8. The first-order valence-electron chi connectivity index (χ1n) is 11.5. The molecule has 5 rings (SSSR count). The number of aliphatic hydroxyl groups is 1. The Morgan fingerprint density at radius 3 is 2.58 bits per heavy atom. The van der Waals surface area contributed by atoms with E-state index in [9.17, 15) is 14.7 Å². The third-order valence-electron chi connectivity index (χ3n) is 6.25. The Morgan fingerprint density at radius 2 is 1.83 bits per heavy atom. The summed E-state index contributed by atoms with van der Waals surface area (Å²) in [5.41, 5.74) is 2.18. The molecule has 2 aliphatic rings. The van der Waals surface area contributed by atoms with Crippen LogP contribution in [0.25, 0.3) is 5.76 Å². The van der Waals surface area contributed by atoms with Crippen LogP contribution in [0, 0.1) is 6.92 Å². The van der Waals surface area contributed by atoms with E-state index in [-0.39, 0.29) is 18.1 Å². The van der Waals surface area contributed by atoms with Gasteiger partial charge >= 0.3 is 0 Å². The van der Waals surface area contributed by atoms with E-state index in [1.54, 1.807) is 74.7 Å². The highest BCUT2D eigenvalue weighted by Crippen LogP contribution is 2.45. The summed E-state index contributed by atoms with van der Waals surface area (Å²) >= 11 is 0. The second-order valence-corrected chi connectivity index (χ2v) is 8.39. The molecule has 2 aliphatic heterocycles. The number of amides is 1. The van der Waals surface area contributed by atoms with E-state index in [1.165, 1.54) is 4.90 Å². The zero-order chi connectivity index (χ0) is 25.4. The van der Waals surface area contributed by atoms with E-state index in [0.29, 0.717) is 52.0 Å². The molecule has 36 heavy (non-hydrogen) atoms. The Bertz CT molecular complexity index is 1390. The predicted octanol–water partition coefficient (Wildman–Crippen LogP) is 4.76. The fourth-order valence-corrected chi connectivity index (χ4v) is 4.56. The minimum atomic E-state index is -0.896. The first-order valence-corrected chi connectivity index (χ1v) is 11.5. The zero-order valence-electron chi connectivity index (χ0n) is 20.1. The van der Waals surface area contributed by atoms with Crippen molar-refractivity contribution in [3.63, 3.8) is 0 Å². The highest BCUT2D eigenvalue weighted by atomic mass is 16.7. The number of rotatable bonds is 6. The van der Waals surface area contributed by atoms with E-state index in [2.05, 4.69) is 0 Å².